The molecule has 0 spiro atoms. The van der Waals surface area contributed by atoms with Crippen LogP contribution in [-0.2, 0) is 11.2 Å². The van der Waals surface area contributed by atoms with Crippen molar-refractivity contribution in [1.82, 2.24) is 10.2 Å². The molecule has 2 N–H and O–H groups in total. The molecule has 0 aliphatic carbocycles. The summed E-state index contributed by atoms with van der Waals surface area (Å²) in [4.78, 5) is 11.7. The molecule has 106 valence electrons. The maximum Gasteiger partial charge on any atom is 0.228 e. The highest BCUT2D eigenvalue weighted by Crippen LogP contribution is 2.16. The van der Waals surface area contributed by atoms with Gasteiger partial charge in [-0.05, 0) is 18.6 Å². The second-order valence-electron chi connectivity index (χ2n) is 4.20. The molecule has 0 saturated carbocycles. The van der Waals surface area contributed by atoms with Crippen LogP contribution < -0.4 is 10.1 Å². The van der Waals surface area contributed by atoms with Gasteiger partial charge in [-0.1, -0.05) is 19.1 Å². The van der Waals surface area contributed by atoms with Gasteiger partial charge in [0.05, 0.1) is 19.2 Å². The molecule has 0 atom stereocenters. The summed E-state index contributed by atoms with van der Waals surface area (Å²) in [5, 5.41) is 9.30. The van der Waals surface area contributed by atoms with Gasteiger partial charge < -0.3 is 10.1 Å². The average Bonchev–Trinajstić information content (AvgIpc) is 2.88. The van der Waals surface area contributed by atoms with Crippen LogP contribution >= 0.6 is 0 Å². The molecule has 0 unspecified atom stereocenters. The molecule has 2 aromatic rings. The Morgan fingerprint density at radius 1 is 1.45 bits per heavy atom. The second kappa shape index (κ2) is 6.70. The standard InChI is InChI=1S/C14H16FN3O2/c1-2-10-9-16-18-14(10)17-13(19)7-8-20-12-6-4-3-5-11(12)15/h3-6,9H,2,7-8H2,1H3,(H2,16,17,18,19). The van der Waals surface area contributed by atoms with Crippen LogP contribution in [0.15, 0.2) is 30.5 Å². The van der Waals surface area contributed by atoms with E-state index < -0.39 is 5.82 Å². The zero-order chi connectivity index (χ0) is 14.4. The van der Waals surface area contributed by atoms with Gasteiger partial charge >= 0.3 is 0 Å². The topological polar surface area (TPSA) is 67.0 Å². The number of carbonyl (C=O) groups is 1. The molecule has 0 aliphatic heterocycles. The predicted octanol–water partition coefficient (Wildman–Crippen LogP) is 2.52. The number of amides is 1. The van der Waals surface area contributed by atoms with Crippen molar-refractivity contribution in [2.75, 3.05) is 11.9 Å². The van der Waals surface area contributed by atoms with Gasteiger partial charge in [0.2, 0.25) is 5.91 Å². The van der Waals surface area contributed by atoms with E-state index in [0.29, 0.717) is 5.82 Å². The average molecular weight is 277 g/mol. The Labute approximate surface area is 116 Å². The lowest BCUT2D eigenvalue weighted by molar-refractivity contribution is -0.116. The van der Waals surface area contributed by atoms with E-state index >= 15 is 0 Å². The lowest BCUT2D eigenvalue weighted by Gasteiger charge is -2.07. The minimum atomic E-state index is -0.435. The summed E-state index contributed by atoms with van der Waals surface area (Å²) in [7, 11) is 0. The van der Waals surface area contributed by atoms with E-state index in [1.807, 2.05) is 6.92 Å². The third-order valence-corrected chi connectivity index (χ3v) is 2.79. The highest BCUT2D eigenvalue weighted by molar-refractivity contribution is 5.90. The first-order valence-electron chi connectivity index (χ1n) is 6.40. The number of benzene rings is 1. The van der Waals surface area contributed by atoms with Gasteiger partial charge in [-0.25, -0.2) is 4.39 Å². The molecule has 0 aliphatic rings. The molecule has 0 saturated heterocycles. The fraction of sp³-hybridized carbons (Fsp3) is 0.286. The number of H-pyrrole nitrogens is 1. The van der Waals surface area contributed by atoms with Crippen molar-refractivity contribution >= 4 is 11.7 Å². The van der Waals surface area contributed by atoms with Gasteiger partial charge in [0.15, 0.2) is 11.6 Å². The fourth-order valence-corrected chi connectivity index (χ4v) is 1.70. The van der Waals surface area contributed by atoms with Gasteiger partial charge in [-0.3, -0.25) is 9.89 Å². The lowest BCUT2D eigenvalue weighted by atomic mass is 10.2. The van der Waals surface area contributed by atoms with Crippen molar-refractivity contribution in [3.63, 3.8) is 0 Å². The van der Waals surface area contributed by atoms with E-state index in [1.54, 1.807) is 18.3 Å². The summed E-state index contributed by atoms with van der Waals surface area (Å²) in [6.45, 7) is 2.09. The van der Waals surface area contributed by atoms with E-state index in [9.17, 15) is 9.18 Å². The molecule has 2 rings (SSSR count). The Balaban J connectivity index is 1.80. The maximum absolute atomic E-state index is 13.3. The summed E-state index contributed by atoms with van der Waals surface area (Å²) in [6, 6.07) is 6.10. The number of aryl methyl sites for hydroxylation is 1. The number of aromatic amines is 1. The maximum atomic E-state index is 13.3. The first-order valence-corrected chi connectivity index (χ1v) is 6.40. The monoisotopic (exact) mass is 277 g/mol. The third-order valence-electron chi connectivity index (χ3n) is 2.79. The number of halogens is 1. The van der Waals surface area contributed by atoms with Gasteiger partial charge in [0, 0.05) is 5.56 Å². The largest absolute Gasteiger partial charge is 0.490 e. The van der Waals surface area contributed by atoms with Gasteiger partial charge in [-0.15, -0.1) is 0 Å². The third kappa shape index (κ3) is 3.57. The van der Waals surface area contributed by atoms with Crippen molar-refractivity contribution in [1.29, 1.82) is 0 Å². The van der Waals surface area contributed by atoms with Crippen LogP contribution in [0.2, 0.25) is 0 Å². The van der Waals surface area contributed by atoms with E-state index in [0.717, 1.165) is 12.0 Å². The van der Waals surface area contributed by atoms with E-state index in [2.05, 4.69) is 15.5 Å². The number of hydrogen-bond donors (Lipinski definition) is 2. The number of carbonyl (C=O) groups excluding carboxylic acids is 1. The number of hydrogen-bond acceptors (Lipinski definition) is 3. The number of rotatable bonds is 6. The normalized spacial score (nSPS) is 10.3. The Kier molecular flexibility index (Phi) is 4.70. The summed E-state index contributed by atoms with van der Waals surface area (Å²) in [5.41, 5.74) is 0.938. The van der Waals surface area contributed by atoms with Crippen LogP contribution in [-0.4, -0.2) is 22.7 Å². The first-order chi connectivity index (χ1) is 9.70. The number of nitrogens with one attached hydrogen (secondary N) is 2. The second-order valence-corrected chi connectivity index (χ2v) is 4.20. The molecule has 5 nitrogen and oxygen atoms in total. The Hall–Kier alpha value is -2.37. The number of nitrogens with zero attached hydrogens (tertiary/aromatic N) is 1. The molecule has 20 heavy (non-hydrogen) atoms. The summed E-state index contributed by atoms with van der Waals surface area (Å²) in [6.07, 6.45) is 2.58. The molecule has 1 heterocycles. The lowest BCUT2D eigenvalue weighted by Crippen LogP contribution is -2.16. The molecule has 0 fully saturated rings. The summed E-state index contributed by atoms with van der Waals surface area (Å²) in [5.74, 6) is 0.106. The highest BCUT2D eigenvalue weighted by Gasteiger charge is 2.08. The van der Waals surface area contributed by atoms with Crippen molar-refractivity contribution < 1.29 is 13.9 Å². The summed E-state index contributed by atoms with van der Waals surface area (Å²) >= 11 is 0. The fourth-order valence-electron chi connectivity index (χ4n) is 1.70. The van der Waals surface area contributed by atoms with Crippen LogP contribution in [0.1, 0.15) is 18.9 Å². The minimum absolute atomic E-state index is 0.113. The molecule has 0 bridgehead atoms. The Bertz CT molecular complexity index is 583. The number of ether oxygens (including phenoxy) is 1. The molecular formula is C14H16FN3O2. The van der Waals surface area contributed by atoms with Crippen molar-refractivity contribution in [2.45, 2.75) is 19.8 Å². The molecule has 6 heteroatoms. The Morgan fingerprint density at radius 3 is 3.00 bits per heavy atom. The SMILES string of the molecule is CCc1cn[nH]c1NC(=O)CCOc1ccccc1F. The van der Waals surface area contributed by atoms with Crippen molar-refractivity contribution in [2.24, 2.45) is 0 Å². The molecular weight excluding hydrogens is 261 g/mol. The number of anilines is 1. The first kappa shape index (κ1) is 14.0. The minimum Gasteiger partial charge on any atom is -0.490 e. The smallest absolute Gasteiger partial charge is 0.228 e. The van der Waals surface area contributed by atoms with Crippen LogP contribution in [0, 0.1) is 5.82 Å². The van der Waals surface area contributed by atoms with Crippen LogP contribution in [0.5, 0.6) is 5.75 Å². The van der Waals surface area contributed by atoms with Crippen molar-refractivity contribution in [3.8, 4) is 5.75 Å². The van der Waals surface area contributed by atoms with Crippen molar-refractivity contribution in [3.05, 3.63) is 41.8 Å². The molecule has 1 aromatic carbocycles. The number of aromatic nitrogens is 2. The van der Waals surface area contributed by atoms with E-state index in [4.69, 9.17) is 4.74 Å². The highest BCUT2D eigenvalue weighted by atomic mass is 19.1. The summed E-state index contributed by atoms with van der Waals surface area (Å²) < 4.78 is 18.5. The predicted molar refractivity (Wildman–Crippen MR) is 73.1 cm³/mol. The van der Waals surface area contributed by atoms with Crippen LogP contribution in [0.25, 0.3) is 0 Å². The van der Waals surface area contributed by atoms with Gasteiger partial charge in [0.25, 0.3) is 0 Å². The van der Waals surface area contributed by atoms with Gasteiger partial charge in [-0.2, -0.15) is 5.10 Å². The molecule has 1 amide bonds. The van der Waals surface area contributed by atoms with E-state index in [-0.39, 0.29) is 24.7 Å². The quantitative estimate of drug-likeness (QED) is 0.852. The Morgan fingerprint density at radius 2 is 2.25 bits per heavy atom. The number of para-hydroxylation sites is 1. The molecule has 1 aromatic heterocycles. The van der Waals surface area contributed by atoms with Crippen LogP contribution in [0.3, 0.4) is 0 Å². The zero-order valence-corrected chi connectivity index (χ0v) is 11.1. The van der Waals surface area contributed by atoms with Gasteiger partial charge in [0.1, 0.15) is 5.82 Å². The van der Waals surface area contributed by atoms with Crippen LogP contribution in [0.4, 0.5) is 10.2 Å². The van der Waals surface area contributed by atoms with E-state index in [1.165, 1.54) is 12.1 Å². The molecule has 0 radical (unpaired) electrons. The zero-order valence-electron chi connectivity index (χ0n) is 11.1.